The lowest BCUT2D eigenvalue weighted by molar-refractivity contribution is -0.183. The van der Waals surface area contributed by atoms with E-state index in [-0.39, 0.29) is 6.42 Å². The molecule has 9 heteroatoms. The van der Waals surface area contributed by atoms with Gasteiger partial charge in [0.05, 0.1) is 5.41 Å². The zero-order valence-corrected chi connectivity index (χ0v) is 18.3. The van der Waals surface area contributed by atoms with Crippen LogP contribution in [0.5, 0.6) is 0 Å². The number of halogens is 2. The van der Waals surface area contributed by atoms with Gasteiger partial charge in [-0.2, -0.15) is 0 Å². The number of nitrogens with one attached hydrogen (secondary N) is 1. The summed E-state index contributed by atoms with van der Waals surface area (Å²) in [6.07, 6.45) is -2.85. The molecule has 0 fully saturated rings. The number of thiophene rings is 3. The normalized spacial score (nSPS) is 15.8. The number of amides is 1. The topological polar surface area (TPSA) is 69.6 Å². The Morgan fingerprint density at radius 3 is 2.28 bits per heavy atom. The molecule has 4 nitrogen and oxygen atoms in total. The highest BCUT2D eigenvalue weighted by molar-refractivity contribution is 7.26. The van der Waals surface area contributed by atoms with Gasteiger partial charge in [0.15, 0.2) is 0 Å². The van der Waals surface area contributed by atoms with Crippen molar-refractivity contribution in [1.82, 2.24) is 5.48 Å². The number of carbonyl (C=O) groups excluding carboxylic acids is 1. The van der Waals surface area contributed by atoms with Crippen LogP contribution in [-0.4, -0.2) is 28.2 Å². The minimum absolute atomic E-state index is 0.0401. The lowest BCUT2D eigenvalue weighted by Gasteiger charge is -2.40. The van der Waals surface area contributed by atoms with E-state index in [4.69, 9.17) is 5.21 Å². The van der Waals surface area contributed by atoms with Crippen molar-refractivity contribution in [2.24, 2.45) is 5.41 Å². The molecular formula is C20H21F2NO3S3. The van der Waals surface area contributed by atoms with Gasteiger partial charge in [0.25, 0.3) is 12.3 Å². The van der Waals surface area contributed by atoms with Crippen molar-refractivity contribution < 1.29 is 23.9 Å². The maximum absolute atomic E-state index is 13.4. The highest BCUT2D eigenvalue weighted by atomic mass is 32.1. The summed E-state index contributed by atoms with van der Waals surface area (Å²) in [7, 11) is 0. The van der Waals surface area contributed by atoms with Gasteiger partial charge >= 0.3 is 0 Å². The van der Waals surface area contributed by atoms with Crippen LogP contribution in [-0.2, 0) is 11.2 Å². The van der Waals surface area contributed by atoms with Gasteiger partial charge in [-0.05, 0) is 62.4 Å². The summed E-state index contributed by atoms with van der Waals surface area (Å²) in [6.45, 7) is 2.16. The van der Waals surface area contributed by atoms with E-state index in [9.17, 15) is 18.7 Å². The molecule has 2 atom stereocenters. The SMILES string of the molecule is CC(CCc1ccc(-c2ccc(-c3cccs3)s2)s1)(C(=O)NO)C(C)(O)C(F)F. The first kappa shape index (κ1) is 22.0. The molecule has 3 aromatic rings. The number of rotatable bonds is 8. The van der Waals surface area contributed by atoms with Gasteiger partial charge in [-0.3, -0.25) is 10.0 Å². The Labute approximate surface area is 179 Å². The van der Waals surface area contributed by atoms with Crippen molar-refractivity contribution in [2.45, 2.75) is 38.7 Å². The fourth-order valence-electron chi connectivity index (χ4n) is 3.00. The average molecular weight is 458 g/mol. The van der Waals surface area contributed by atoms with Gasteiger partial charge in [0, 0.05) is 24.4 Å². The molecule has 3 N–H and O–H groups in total. The molecule has 0 bridgehead atoms. The number of aliphatic hydroxyl groups is 1. The average Bonchev–Trinajstić information content (AvgIpc) is 3.45. The fourth-order valence-corrected chi connectivity index (χ4v) is 5.94. The summed E-state index contributed by atoms with van der Waals surface area (Å²) in [5, 5.41) is 21.3. The molecule has 2 unspecified atom stereocenters. The number of hydroxylamine groups is 1. The predicted octanol–water partition coefficient (Wildman–Crippen LogP) is 5.67. The lowest BCUT2D eigenvalue weighted by atomic mass is 9.70. The van der Waals surface area contributed by atoms with Crippen LogP contribution >= 0.6 is 34.0 Å². The summed E-state index contributed by atoms with van der Waals surface area (Å²) < 4.78 is 26.7. The monoisotopic (exact) mass is 457 g/mol. The van der Waals surface area contributed by atoms with E-state index in [2.05, 4.69) is 18.2 Å². The van der Waals surface area contributed by atoms with Gasteiger partial charge in [-0.15, -0.1) is 34.0 Å². The third-order valence-electron chi connectivity index (χ3n) is 5.29. The van der Waals surface area contributed by atoms with E-state index >= 15 is 0 Å². The summed E-state index contributed by atoms with van der Waals surface area (Å²) in [4.78, 5) is 17.6. The van der Waals surface area contributed by atoms with Gasteiger partial charge in [0.2, 0.25) is 0 Å². The van der Waals surface area contributed by atoms with Gasteiger partial charge in [0.1, 0.15) is 5.60 Å². The highest BCUT2D eigenvalue weighted by Crippen LogP contribution is 2.42. The fraction of sp³-hybridized carbons (Fsp3) is 0.350. The summed E-state index contributed by atoms with van der Waals surface area (Å²) in [6, 6.07) is 12.1. The molecule has 29 heavy (non-hydrogen) atoms. The zero-order valence-electron chi connectivity index (χ0n) is 15.8. The van der Waals surface area contributed by atoms with Gasteiger partial charge < -0.3 is 5.11 Å². The van der Waals surface area contributed by atoms with Crippen LogP contribution in [0.3, 0.4) is 0 Å². The molecule has 0 saturated carbocycles. The van der Waals surface area contributed by atoms with E-state index in [0.29, 0.717) is 6.42 Å². The summed E-state index contributed by atoms with van der Waals surface area (Å²) >= 11 is 4.89. The van der Waals surface area contributed by atoms with E-state index in [1.807, 2.05) is 23.6 Å². The Morgan fingerprint density at radius 2 is 1.69 bits per heavy atom. The van der Waals surface area contributed by atoms with Crippen LogP contribution < -0.4 is 5.48 Å². The van der Waals surface area contributed by atoms with Crippen LogP contribution in [0.4, 0.5) is 8.78 Å². The molecule has 0 radical (unpaired) electrons. The molecule has 0 aliphatic carbocycles. The standard InChI is InChI=1S/C20H21F2NO3S3/c1-19(18(24)23-26,20(2,25)17(21)22)10-9-12-5-6-15(28-12)16-8-7-14(29-16)13-4-3-11-27-13/h3-8,11,17,25-26H,9-10H2,1-2H3,(H,23,24). The minimum atomic E-state index is -3.13. The minimum Gasteiger partial charge on any atom is -0.383 e. The van der Waals surface area contributed by atoms with Crippen LogP contribution in [0.15, 0.2) is 41.8 Å². The molecular weight excluding hydrogens is 436 g/mol. The molecule has 3 heterocycles. The van der Waals surface area contributed by atoms with Crippen molar-refractivity contribution in [3.63, 3.8) is 0 Å². The molecule has 1 amide bonds. The largest absolute Gasteiger partial charge is 0.383 e. The van der Waals surface area contributed by atoms with Crippen molar-refractivity contribution in [3.8, 4) is 19.5 Å². The van der Waals surface area contributed by atoms with Crippen molar-refractivity contribution in [2.75, 3.05) is 0 Å². The third kappa shape index (κ3) is 4.29. The van der Waals surface area contributed by atoms with E-state index in [0.717, 1.165) is 21.6 Å². The third-order valence-corrected chi connectivity index (χ3v) is 8.78. The predicted molar refractivity (Wildman–Crippen MR) is 114 cm³/mol. The Hall–Kier alpha value is -1.65. The van der Waals surface area contributed by atoms with E-state index in [1.54, 1.807) is 22.7 Å². The van der Waals surface area contributed by atoms with Gasteiger partial charge in [-0.25, -0.2) is 14.3 Å². The Morgan fingerprint density at radius 1 is 1.07 bits per heavy atom. The van der Waals surface area contributed by atoms with E-state index < -0.39 is 23.3 Å². The molecule has 3 aromatic heterocycles. The highest BCUT2D eigenvalue weighted by Gasteiger charge is 2.54. The Kier molecular flexibility index (Phi) is 6.54. The first-order valence-electron chi connectivity index (χ1n) is 8.87. The first-order chi connectivity index (χ1) is 13.7. The molecule has 0 aromatic carbocycles. The van der Waals surface area contributed by atoms with Crippen molar-refractivity contribution in [1.29, 1.82) is 0 Å². The second-order valence-corrected chi connectivity index (χ2v) is 10.3. The van der Waals surface area contributed by atoms with Gasteiger partial charge in [-0.1, -0.05) is 6.07 Å². The second kappa shape index (κ2) is 8.61. The van der Waals surface area contributed by atoms with Crippen LogP contribution in [0.1, 0.15) is 25.1 Å². The first-order valence-corrected chi connectivity index (χ1v) is 11.4. The number of carbonyl (C=O) groups is 1. The molecule has 0 aliphatic heterocycles. The number of hydrogen-bond acceptors (Lipinski definition) is 6. The Bertz CT molecular complexity index is 965. The molecule has 0 spiro atoms. The quantitative estimate of drug-likeness (QED) is 0.302. The number of aryl methyl sites for hydroxylation is 1. The number of hydrogen-bond donors (Lipinski definition) is 3. The summed E-state index contributed by atoms with van der Waals surface area (Å²) in [5.41, 5.74) is -3.01. The van der Waals surface area contributed by atoms with Crippen LogP contribution in [0, 0.1) is 5.41 Å². The second-order valence-electron chi connectivity index (χ2n) is 7.13. The van der Waals surface area contributed by atoms with E-state index in [1.165, 1.54) is 33.5 Å². The van der Waals surface area contributed by atoms with Crippen molar-refractivity contribution >= 4 is 39.9 Å². The molecule has 0 aliphatic rings. The molecule has 156 valence electrons. The maximum Gasteiger partial charge on any atom is 0.267 e. The maximum atomic E-state index is 13.4. The smallest absolute Gasteiger partial charge is 0.267 e. The van der Waals surface area contributed by atoms with Crippen molar-refractivity contribution in [3.05, 3.63) is 46.7 Å². The molecule has 0 saturated heterocycles. The number of alkyl halides is 2. The zero-order chi connectivity index (χ0) is 21.2. The summed E-state index contributed by atoms with van der Waals surface area (Å²) in [5.74, 6) is -1.03. The van der Waals surface area contributed by atoms with Crippen LogP contribution in [0.25, 0.3) is 19.5 Å². The van der Waals surface area contributed by atoms with Crippen LogP contribution in [0.2, 0.25) is 0 Å². The Balaban J connectivity index is 1.76. The molecule has 3 rings (SSSR count). The lowest BCUT2D eigenvalue weighted by Crippen LogP contribution is -2.57.